The lowest BCUT2D eigenvalue weighted by atomic mass is 10.1. The molecule has 2 amide bonds. The molecule has 0 saturated heterocycles. The molecule has 0 atom stereocenters. The zero-order valence-corrected chi connectivity index (χ0v) is 13.8. The standard InChI is InChI=1S/C17H19ClN2O3/c1-22-15-7-6-12(16(11-15)23-2)8-9-19-17(21)20-14-5-3-4-13(18)10-14/h3-7,10-11H,8-9H2,1-2H3,(H2,19,20,21). The summed E-state index contributed by atoms with van der Waals surface area (Å²) in [7, 11) is 3.22. The summed E-state index contributed by atoms with van der Waals surface area (Å²) in [6.07, 6.45) is 0.649. The minimum Gasteiger partial charge on any atom is -0.497 e. The molecule has 2 aromatic rings. The number of hydrogen-bond acceptors (Lipinski definition) is 3. The molecule has 122 valence electrons. The fourth-order valence-electron chi connectivity index (χ4n) is 2.11. The van der Waals surface area contributed by atoms with E-state index in [1.165, 1.54) is 0 Å². The lowest BCUT2D eigenvalue weighted by Gasteiger charge is -2.11. The molecule has 23 heavy (non-hydrogen) atoms. The molecule has 6 heteroatoms. The Bertz CT molecular complexity index is 677. The van der Waals surface area contributed by atoms with Crippen molar-refractivity contribution in [3.05, 3.63) is 53.1 Å². The highest BCUT2D eigenvalue weighted by molar-refractivity contribution is 6.30. The summed E-state index contributed by atoms with van der Waals surface area (Å²) >= 11 is 5.87. The van der Waals surface area contributed by atoms with Crippen molar-refractivity contribution in [1.29, 1.82) is 0 Å². The molecular formula is C17H19ClN2O3. The number of nitrogens with one attached hydrogen (secondary N) is 2. The summed E-state index contributed by atoms with van der Waals surface area (Å²) in [5.41, 5.74) is 1.65. The van der Waals surface area contributed by atoms with Gasteiger partial charge in [-0.05, 0) is 36.2 Å². The lowest BCUT2D eigenvalue weighted by molar-refractivity contribution is 0.252. The molecular weight excluding hydrogens is 316 g/mol. The quantitative estimate of drug-likeness (QED) is 0.846. The number of carbonyl (C=O) groups is 1. The van der Waals surface area contributed by atoms with Crippen molar-refractivity contribution >= 4 is 23.3 Å². The van der Waals surface area contributed by atoms with Gasteiger partial charge in [0.25, 0.3) is 0 Å². The van der Waals surface area contributed by atoms with Crippen LogP contribution in [0.3, 0.4) is 0 Å². The number of urea groups is 1. The highest BCUT2D eigenvalue weighted by atomic mass is 35.5. The van der Waals surface area contributed by atoms with E-state index in [1.54, 1.807) is 38.5 Å². The summed E-state index contributed by atoms with van der Waals surface area (Å²) < 4.78 is 10.5. The number of methoxy groups -OCH3 is 2. The second-order valence-corrected chi connectivity index (χ2v) is 5.26. The van der Waals surface area contributed by atoms with E-state index in [1.807, 2.05) is 18.2 Å². The maximum atomic E-state index is 11.9. The van der Waals surface area contributed by atoms with Crippen LogP contribution in [-0.2, 0) is 6.42 Å². The molecule has 0 heterocycles. The van der Waals surface area contributed by atoms with Gasteiger partial charge in [-0.25, -0.2) is 4.79 Å². The number of anilines is 1. The normalized spacial score (nSPS) is 10.0. The Labute approximate surface area is 140 Å². The number of ether oxygens (including phenoxy) is 2. The van der Waals surface area contributed by atoms with E-state index in [0.29, 0.717) is 23.7 Å². The first-order chi connectivity index (χ1) is 11.1. The van der Waals surface area contributed by atoms with Crippen molar-refractivity contribution < 1.29 is 14.3 Å². The second kappa shape index (κ2) is 8.29. The first kappa shape index (κ1) is 17.0. The minimum atomic E-state index is -0.278. The molecule has 0 bridgehead atoms. The van der Waals surface area contributed by atoms with Crippen LogP contribution in [-0.4, -0.2) is 26.8 Å². The first-order valence-electron chi connectivity index (χ1n) is 7.13. The van der Waals surface area contributed by atoms with E-state index in [2.05, 4.69) is 10.6 Å². The number of carbonyl (C=O) groups excluding carboxylic acids is 1. The zero-order valence-electron chi connectivity index (χ0n) is 13.1. The molecule has 2 aromatic carbocycles. The maximum absolute atomic E-state index is 11.9. The third-order valence-electron chi connectivity index (χ3n) is 3.26. The van der Waals surface area contributed by atoms with Gasteiger partial charge in [-0.15, -0.1) is 0 Å². The maximum Gasteiger partial charge on any atom is 0.319 e. The predicted octanol–water partition coefficient (Wildman–Crippen LogP) is 3.72. The number of benzene rings is 2. The van der Waals surface area contributed by atoms with Gasteiger partial charge in [-0.3, -0.25) is 0 Å². The van der Waals surface area contributed by atoms with Crippen LogP contribution in [0.5, 0.6) is 11.5 Å². The molecule has 0 aromatic heterocycles. The molecule has 0 aliphatic heterocycles. The van der Waals surface area contributed by atoms with Crippen LogP contribution in [0.1, 0.15) is 5.56 Å². The van der Waals surface area contributed by atoms with Gasteiger partial charge in [0.1, 0.15) is 11.5 Å². The fourth-order valence-corrected chi connectivity index (χ4v) is 2.30. The van der Waals surface area contributed by atoms with Crippen molar-refractivity contribution in [2.45, 2.75) is 6.42 Å². The van der Waals surface area contributed by atoms with E-state index in [-0.39, 0.29) is 6.03 Å². The highest BCUT2D eigenvalue weighted by Crippen LogP contribution is 2.24. The van der Waals surface area contributed by atoms with Gasteiger partial charge >= 0.3 is 6.03 Å². The predicted molar refractivity (Wildman–Crippen MR) is 91.7 cm³/mol. The smallest absolute Gasteiger partial charge is 0.319 e. The third kappa shape index (κ3) is 5.07. The van der Waals surface area contributed by atoms with E-state index in [9.17, 15) is 4.79 Å². The zero-order chi connectivity index (χ0) is 16.7. The molecule has 0 radical (unpaired) electrons. The number of rotatable bonds is 6. The topological polar surface area (TPSA) is 59.6 Å². The number of halogens is 1. The van der Waals surface area contributed by atoms with E-state index in [4.69, 9.17) is 21.1 Å². The summed E-state index contributed by atoms with van der Waals surface area (Å²) in [6, 6.07) is 12.3. The van der Waals surface area contributed by atoms with E-state index < -0.39 is 0 Å². The molecule has 0 spiro atoms. The Morgan fingerprint density at radius 1 is 1.13 bits per heavy atom. The van der Waals surface area contributed by atoms with Crippen molar-refractivity contribution in [2.75, 3.05) is 26.1 Å². The Morgan fingerprint density at radius 3 is 2.65 bits per heavy atom. The number of hydrogen-bond donors (Lipinski definition) is 2. The van der Waals surface area contributed by atoms with Gasteiger partial charge < -0.3 is 20.1 Å². The van der Waals surface area contributed by atoms with Crippen LogP contribution in [0, 0.1) is 0 Å². The largest absolute Gasteiger partial charge is 0.497 e. The van der Waals surface area contributed by atoms with Gasteiger partial charge in [-0.1, -0.05) is 23.7 Å². The highest BCUT2D eigenvalue weighted by Gasteiger charge is 2.06. The van der Waals surface area contributed by atoms with Crippen molar-refractivity contribution in [2.24, 2.45) is 0 Å². The number of amides is 2. The summed E-state index contributed by atoms with van der Waals surface area (Å²) in [5.74, 6) is 1.47. The van der Waals surface area contributed by atoms with Crippen molar-refractivity contribution in [1.82, 2.24) is 5.32 Å². The summed E-state index contributed by atoms with van der Waals surface area (Å²) in [4.78, 5) is 11.9. The van der Waals surface area contributed by atoms with Crippen molar-refractivity contribution in [3.63, 3.8) is 0 Å². The van der Waals surface area contributed by atoms with Gasteiger partial charge in [0.15, 0.2) is 0 Å². The van der Waals surface area contributed by atoms with Gasteiger partial charge in [0.05, 0.1) is 14.2 Å². The lowest BCUT2D eigenvalue weighted by Crippen LogP contribution is -2.30. The Balaban J connectivity index is 1.86. The average Bonchev–Trinajstić information content (AvgIpc) is 2.55. The van der Waals surface area contributed by atoms with Crippen molar-refractivity contribution in [3.8, 4) is 11.5 Å². The van der Waals surface area contributed by atoms with Gasteiger partial charge in [0, 0.05) is 23.3 Å². The van der Waals surface area contributed by atoms with Crippen LogP contribution in [0.25, 0.3) is 0 Å². The average molecular weight is 335 g/mol. The van der Waals surface area contributed by atoms with Gasteiger partial charge in [-0.2, -0.15) is 0 Å². The molecule has 2 rings (SSSR count). The molecule has 5 nitrogen and oxygen atoms in total. The van der Waals surface area contributed by atoms with Crippen LogP contribution < -0.4 is 20.1 Å². The van der Waals surface area contributed by atoms with Gasteiger partial charge in [0.2, 0.25) is 0 Å². The van der Waals surface area contributed by atoms with Crippen LogP contribution >= 0.6 is 11.6 Å². The molecule has 0 aliphatic rings. The molecule has 0 aliphatic carbocycles. The molecule has 0 unspecified atom stereocenters. The second-order valence-electron chi connectivity index (χ2n) is 4.82. The molecule has 0 fully saturated rings. The Kier molecular flexibility index (Phi) is 6.11. The molecule has 2 N–H and O–H groups in total. The monoisotopic (exact) mass is 334 g/mol. The molecule has 0 saturated carbocycles. The fraction of sp³-hybridized carbons (Fsp3) is 0.235. The summed E-state index contributed by atoms with van der Waals surface area (Å²) in [6.45, 7) is 0.481. The minimum absolute atomic E-state index is 0.278. The van der Waals surface area contributed by atoms with E-state index in [0.717, 1.165) is 17.1 Å². The SMILES string of the molecule is COc1ccc(CCNC(=O)Nc2cccc(Cl)c2)c(OC)c1. The van der Waals surface area contributed by atoms with Crippen LogP contribution in [0.15, 0.2) is 42.5 Å². The van der Waals surface area contributed by atoms with E-state index >= 15 is 0 Å². The van der Waals surface area contributed by atoms with Crippen LogP contribution in [0.4, 0.5) is 10.5 Å². The first-order valence-corrected chi connectivity index (χ1v) is 7.51. The Hall–Kier alpha value is -2.40. The Morgan fingerprint density at radius 2 is 1.96 bits per heavy atom. The summed E-state index contributed by atoms with van der Waals surface area (Å²) in [5, 5.41) is 6.10. The van der Waals surface area contributed by atoms with Crippen LogP contribution in [0.2, 0.25) is 5.02 Å². The third-order valence-corrected chi connectivity index (χ3v) is 3.49.